The van der Waals surface area contributed by atoms with Crippen LogP contribution in [0.2, 0.25) is 0 Å². The van der Waals surface area contributed by atoms with E-state index in [1.165, 1.54) is 0 Å². The molecule has 0 spiro atoms. The van der Waals surface area contributed by atoms with Gasteiger partial charge in [0.25, 0.3) is 0 Å². The predicted octanol–water partition coefficient (Wildman–Crippen LogP) is 0.879. The molecule has 1 fully saturated rings. The summed E-state index contributed by atoms with van der Waals surface area (Å²) in [6, 6.07) is 9.46. The zero-order chi connectivity index (χ0) is 12.3. The van der Waals surface area contributed by atoms with E-state index in [1.807, 2.05) is 25.2 Å². The van der Waals surface area contributed by atoms with E-state index >= 15 is 0 Å². The topological polar surface area (TPSA) is 56.1 Å². The van der Waals surface area contributed by atoms with Crippen LogP contribution in [0.3, 0.4) is 0 Å². The highest BCUT2D eigenvalue weighted by molar-refractivity contribution is 5.83. The normalized spacial score (nSPS) is 19.4. The third-order valence-corrected chi connectivity index (χ3v) is 3.04. The van der Waals surface area contributed by atoms with Crippen molar-refractivity contribution in [2.24, 2.45) is 0 Å². The molecule has 1 N–H and O–H groups in total. The molecule has 0 aliphatic carbocycles. The molecule has 0 saturated carbocycles. The van der Waals surface area contributed by atoms with E-state index in [-0.39, 0.29) is 11.9 Å². The average Bonchev–Trinajstić information content (AvgIpc) is 2.68. The number of likely N-dealkylation sites (N-methyl/N-ethyl adjacent to an activating group) is 1. The molecule has 1 saturated heterocycles. The summed E-state index contributed by atoms with van der Waals surface area (Å²) in [5, 5.41) is 12.0. The monoisotopic (exact) mass is 229 g/mol. The maximum atomic E-state index is 11.7. The summed E-state index contributed by atoms with van der Waals surface area (Å²) in [6.45, 7) is 1.44. The molecule has 88 valence electrons. The van der Waals surface area contributed by atoms with Crippen molar-refractivity contribution in [2.45, 2.75) is 19.0 Å². The van der Waals surface area contributed by atoms with E-state index in [0.717, 1.165) is 18.5 Å². The van der Waals surface area contributed by atoms with Crippen molar-refractivity contribution < 1.29 is 4.79 Å². The summed E-state index contributed by atoms with van der Waals surface area (Å²) < 4.78 is 0. The molecule has 1 aromatic carbocycles. The SMILES string of the molecule is CN1CCC(NCc2cccc(C#N)c2)C1=O. The van der Waals surface area contributed by atoms with E-state index < -0.39 is 0 Å². The molecule has 1 unspecified atom stereocenters. The average molecular weight is 229 g/mol. The molecule has 1 aromatic rings. The highest BCUT2D eigenvalue weighted by atomic mass is 16.2. The fraction of sp³-hybridized carbons (Fsp3) is 0.385. The lowest BCUT2D eigenvalue weighted by atomic mass is 10.1. The minimum absolute atomic E-state index is 0.0780. The molecule has 1 heterocycles. The lowest BCUT2D eigenvalue weighted by Crippen LogP contribution is -2.36. The summed E-state index contributed by atoms with van der Waals surface area (Å²) in [6.07, 6.45) is 0.854. The van der Waals surface area contributed by atoms with Gasteiger partial charge in [-0.15, -0.1) is 0 Å². The maximum absolute atomic E-state index is 11.7. The van der Waals surface area contributed by atoms with Crippen LogP contribution in [0.5, 0.6) is 0 Å². The van der Waals surface area contributed by atoms with Gasteiger partial charge >= 0.3 is 0 Å². The van der Waals surface area contributed by atoms with Crippen LogP contribution in [0.4, 0.5) is 0 Å². The molecular weight excluding hydrogens is 214 g/mol. The number of carbonyl (C=O) groups excluding carboxylic acids is 1. The van der Waals surface area contributed by atoms with Crippen LogP contribution in [-0.2, 0) is 11.3 Å². The lowest BCUT2D eigenvalue weighted by Gasteiger charge is -2.12. The Balaban J connectivity index is 1.94. The second-order valence-electron chi connectivity index (χ2n) is 4.29. The Labute approximate surface area is 101 Å². The molecule has 1 aliphatic heterocycles. The number of likely N-dealkylation sites (tertiary alicyclic amines) is 1. The highest BCUT2D eigenvalue weighted by Gasteiger charge is 2.28. The van der Waals surface area contributed by atoms with Crippen molar-refractivity contribution in [1.82, 2.24) is 10.2 Å². The molecule has 2 rings (SSSR count). The van der Waals surface area contributed by atoms with E-state index in [4.69, 9.17) is 5.26 Å². The van der Waals surface area contributed by atoms with Crippen molar-refractivity contribution in [3.8, 4) is 6.07 Å². The Morgan fingerprint density at radius 2 is 2.41 bits per heavy atom. The first-order valence-electron chi connectivity index (χ1n) is 5.68. The number of amides is 1. The second kappa shape index (κ2) is 4.98. The van der Waals surface area contributed by atoms with Gasteiger partial charge in [0.05, 0.1) is 17.7 Å². The number of hydrogen-bond donors (Lipinski definition) is 1. The molecule has 1 aliphatic rings. The van der Waals surface area contributed by atoms with Crippen molar-refractivity contribution in [2.75, 3.05) is 13.6 Å². The third-order valence-electron chi connectivity index (χ3n) is 3.04. The zero-order valence-corrected chi connectivity index (χ0v) is 9.81. The van der Waals surface area contributed by atoms with Gasteiger partial charge in [-0.1, -0.05) is 12.1 Å². The first-order chi connectivity index (χ1) is 8.20. The van der Waals surface area contributed by atoms with Crippen LogP contribution < -0.4 is 5.32 Å². The molecule has 1 amide bonds. The quantitative estimate of drug-likeness (QED) is 0.837. The summed E-state index contributed by atoms with van der Waals surface area (Å²) in [5.41, 5.74) is 1.69. The molecule has 0 radical (unpaired) electrons. The largest absolute Gasteiger partial charge is 0.344 e. The summed E-state index contributed by atoms with van der Waals surface area (Å²) in [7, 11) is 1.82. The molecule has 0 bridgehead atoms. The fourth-order valence-corrected chi connectivity index (χ4v) is 2.00. The molecule has 17 heavy (non-hydrogen) atoms. The van der Waals surface area contributed by atoms with Crippen LogP contribution in [0.25, 0.3) is 0 Å². The predicted molar refractivity (Wildman–Crippen MR) is 64.0 cm³/mol. The molecular formula is C13H15N3O. The maximum Gasteiger partial charge on any atom is 0.239 e. The van der Waals surface area contributed by atoms with Crippen LogP contribution in [0.1, 0.15) is 17.5 Å². The Bertz CT molecular complexity index is 464. The number of nitrogens with one attached hydrogen (secondary N) is 1. The summed E-state index contributed by atoms with van der Waals surface area (Å²) >= 11 is 0. The first kappa shape index (κ1) is 11.6. The molecule has 0 aromatic heterocycles. The Morgan fingerprint density at radius 3 is 3.06 bits per heavy atom. The Hall–Kier alpha value is -1.86. The number of carbonyl (C=O) groups is 1. The van der Waals surface area contributed by atoms with Gasteiger partial charge in [0.1, 0.15) is 0 Å². The standard InChI is InChI=1S/C13H15N3O/c1-16-6-5-12(13(16)17)15-9-11-4-2-3-10(7-11)8-14/h2-4,7,12,15H,5-6,9H2,1H3. The van der Waals surface area contributed by atoms with Gasteiger partial charge < -0.3 is 10.2 Å². The molecule has 1 atom stereocenters. The smallest absolute Gasteiger partial charge is 0.239 e. The molecule has 4 nitrogen and oxygen atoms in total. The van der Waals surface area contributed by atoms with Crippen LogP contribution in [0.15, 0.2) is 24.3 Å². The van der Waals surface area contributed by atoms with Crippen LogP contribution in [0, 0.1) is 11.3 Å². The third kappa shape index (κ3) is 2.63. The number of nitrogens with zero attached hydrogens (tertiary/aromatic N) is 2. The number of benzene rings is 1. The van der Waals surface area contributed by atoms with Gasteiger partial charge in [-0.2, -0.15) is 5.26 Å². The van der Waals surface area contributed by atoms with Gasteiger partial charge in [-0.05, 0) is 24.1 Å². The van der Waals surface area contributed by atoms with E-state index in [9.17, 15) is 4.79 Å². The zero-order valence-electron chi connectivity index (χ0n) is 9.81. The minimum Gasteiger partial charge on any atom is -0.344 e. The van der Waals surface area contributed by atoms with Gasteiger partial charge in [-0.25, -0.2) is 0 Å². The van der Waals surface area contributed by atoms with Crippen molar-refractivity contribution in [1.29, 1.82) is 5.26 Å². The van der Waals surface area contributed by atoms with Crippen LogP contribution >= 0.6 is 0 Å². The summed E-state index contributed by atoms with van der Waals surface area (Å²) in [4.78, 5) is 13.4. The van der Waals surface area contributed by atoms with Gasteiger partial charge in [-0.3, -0.25) is 4.79 Å². The number of hydrogen-bond acceptors (Lipinski definition) is 3. The highest BCUT2D eigenvalue weighted by Crippen LogP contribution is 2.10. The fourth-order valence-electron chi connectivity index (χ4n) is 2.00. The number of nitriles is 1. The molecule has 4 heteroatoms. The van der Waals surface area contributed by atoms with Crippen molar-refractivity contribution in [3.63, 3.8) is 0 Å². The van der Waals surface area contributed by atoms with Crippen molar-refractivity contribution >= 4 is 5.91 Å². The summed E-state index contributed by atoms with van der Waals surface area (Å²) in [5.74, 6) is 0.154. The Morgan fingerprint density at radius 1 is 1.59 bits per heavy atom. The van der Waals surface area contributed by atoms with Gasteiger partial charge in [0, 0.05) is 20.1 Å². The van der Waals surface area contributed by atoms with Gasteiger partial charge in [0.15, 0.2) is 0 Å². The lowest BCUT2D eigenvalue weighted by molar-refractivity contribution is -0.128. The minimum atomic E-state index is -0.0780. The van der Waals surface area contributed by atoms with E-state index in [1.54, 1.807) is 11.0 Å². The van der Waals surface area contributed by atoms with Crippen molar-refractivity contribution in [3.05, 3.63) is 35.4 Å². The van der Waals surface area contributed by atoms with E-state index in [0.29, 0.717) is 12.1 Å². The second-order valence-corrected chi connectivity index (χ2v) is 4.29. The Kier molecular flexibility index (Phi) is 3.40. The first-order valence-corrected chi connectivity index (χ1v) is 5.68. The number of rotatable bonds is 3. The van der Waals surface area contributed by atoms with E-state index in [2.05, 4.69) is 11.4 Å². The van der Waals surface area contributed by atoms with Crippen LogP contribution in [-0.4, -0.2) is 30.4 Å². The van der Waals surface area contributed by atoms with Gasteiger partial charge in [0.2, 0.25) is 5.91 Å².